The smallest absolute Gasteiger partial charge is 0.334 e. The van der Waals surface area contributed by atoms with Gasteiger partial charge in [0.15, 0.2) is 0 Å². The van der Waals surface area contributed by atoms with Gasteiger partial charge in [-0.15, -0.1) is 0 Å². The van der Waals surface area contributed by atoms with Crippen molar-refractivity contribution in [1.82, 2.24) is 0 Å². The van der Waals surface area contributed by atoms with E-state index in [1.165, 1.54) is 46.3 Å². The molecule has 0 amide bonds. The van der Waals surface area contributed by atoms with E-state index in [0.717, 1.165) is 24.8 Å². The molecular formula is C17H30O4. The van der Waals surface area contributed by atoms with Gasteiger partial charge in [-0.3, -0.25) is 4.79 Å². The van der Waals surface area contributed by atoms with E-state index in [-0.39, 0.29) is 6.42 Å². The van der Waals surface area contributed by atoms with Crippen LogP contribution in [0.1, 0.15) is 71.6 Å². The summed E-state index contributed by atoms with van der Waals surface area (Å²) in [5.41, 5.74) is 1.37. The number of hydrogen-bond donors (Lipinski definition) is 0. The fourth-order valence-corrected chi connectivity index (χ4v) is 2.24. The van der Waals surface area contributed by atoms with Crippen LogP contribution in [0.3, 0.4) is 0 Å². The van der Waals surface area contributed by atoms with E-state index >= 15 is 0 Å². The van der Waals surface area contributed by atoms with Crippen molar-refractivity contribution in [3.8, 4) is 0 Å². The van der Waals surface area contributed by atoms with Crippen molar-refractivity contribution in [3.05, 3.63) is 11.1 Å². The highest BCUT2D eigenvalue weighted by Gasteiger charge is 2.17. The Morgan fingerprint density at radius 2 is 1.43 bits per heavy atom. The van der Waals surface area contributed by atoms with Gasteiger partial charge in [-0.05, 0) is 19.8 Å². The number of unbranched alkanes of at least 4 members (excludes halogenated alkanes) is 6. The second kappa shape index (κ2) is 12.4. The van der Waals surface area contributed by atoms with Crippen molar-refractivity contribution in [2.45, 2.75) is 71.6 Å². The maximum Gasteiger partial charge on any atom is 0.334 e. The van der Waals surface area contributed by atoms with Crippen LogP contribution in [0.5, 0.6) is 0 Å². The minimum atomic E-state index is -0.430. The van der Waals surface area contributed by atoms with Gasteiger partial charge in [-0.25, -0.2) is 4.79 Å². The molecule has 122 valence electrons. The molecule has 0 aromatic rings. The molecule has 0 aromatic carbocycles. The first-order valence-corrected chi connectivity index (χ1v) is 7.90. The summed E-state index contributed by atoms with van der Waals surface area (Å²) in [7, 11) is 2.66. The molecule has 0 spiro atoms. The Morgan fingerprint density at radius 1 is 0.857 bits per heavy atom. The van der Waals surface area contributed by atoms with Gasteiger partial charge in [0.05, 0.1) is 20.6 Å². The van der Waals surface area contributed by atoms with Crippen LogP contribution in [0.4, 0.5) is 0 Å². The monoisotopic (exact) mass is 298 g/mol. The van der Waals surface area contributed by atoms with Crippen LogP contribution >= 0.6 is 0 Å². The van der Waals surface area contributed by atoms with Crippen molar-refractivity contribution in [2.75, 3.05) is 14.2 Å². The van der Waals surface area contributed by atoms with Crippen molar-refractivity contribution in [2.24, 2.45) is 0 Å². The number of esters is 2. The molecule has 0 radical (unpaired) electrons. The topological polar surface area (TPSA) is 52.6 Å². The van der Waals surface area contributed by atoms with E-state index in [0.29, 0.717) is 5.57 Å². The zero-order chi connectivity index (χ0) is 16.1. The third-order valence-corrected chi connectivity index (χ3v) is 3.65. The van der Waals surface area contributed by atoms with Crippen LogP contribution in [-0.4, -0.2) is 26.2 Å². The summed E-state index contributed by atoms with van der Waals surface area (Å²) < 4.78 is 9.37. The molecular weight excluding hydrogens is 268 g/mol. The molecule has 0 saturated carbocycles. The predicted molar refractivity (Wildman–Crippen MR) is 84.0 cm³/mol. The van der Waals surface area contributed by atoms with Crippen LogP contribution in [0.2, 0.25) is 0 Å². The first kappa shape index (κ1) is 19.7. The Balaban J connectivity index is 4.25. The fourth-order valence-electron chi connectivity index (χ4n) is 2.24. The summed E-state index contributed by atoms with van der Waals surface area (Å²) in [6, 6.07) is 0. The molecule has 0 aliphatic carbocycles. The first-order chi connectivity index (χ1) is 10.1. The van der Waals surface area contributed by atoms with Crippen molar-refractivity contribution < 1.29 is 19.1 Å². The SMILES string of the molecule is CCCCCCCCC/C(C)=C(/CC(=O)OC)C(=O)OC. The molecule has 0 saturated heterocycles. The number of hydrogen-bond acceptors (Lipinski definition) is 4. The van der Waals surface area contributed by atoms with E-state index < -0.39 is 11.9 Å². The molecule has 0 fully saturated rings. The summed E-state index contributed by atoms with van der Waals surface area (Å²) >= 11 is 0. The van der Waals surface area contributed by atoms with E-state index in [2.05, 4.69) is 11.7 Å². The molecule has 0 heterocycles. The lowest BCUT2D eigenvalue weighted by molar-refractivity contribution is -0.143. The lowest BCUT2D eigenvalue weighted by atomic mass is 10.00. The lowest BCUT2D eigenvalue weighted by Crippen LogP contribution is -2.13. The van der Waals surface area contributed by atoms with E-state index in [1.54, 1.807) is 0 Å². The Hall–Kier alpha value is -1.32. The largest absolute Gasteiger partial charge is 0.469 e. The van der Waals surface area contributed by atoms with Gasteiger partial charge in [-0.1, -0.05) is 51.0 Å². The van der Waals surface area contributed by atoms with Gasteiger partial charge in [0, 0.05) is 5.57 Å². The average molecular weight is 298 g/mol. The second-order valence-electron chi connectivity index (χ2n) is 5.37. The summed E-state index contributed by atoms with van der Waals surface area (Å²) in [6.07, 6.45) is 9.41. The minimum absolute atomic E-state index is 0.00843. The Labute approximate surface area is 128 Å². The van der Waals surface area contributed by atoms with Crippen LogP contribution in [0, 0.1) is 0 Å². The first-order valence-electron chi connectivity index (χ1n) is 7.90. The zero-order valence-electron chi connectivity index (χ0n) is 14.0. The van der Waals surface area contributed by atoms with Gasteiger partial charge in [0.2, 0.25) is 0 Å². The molecule has 0 N–H and O–H groups in total. The fraction of sp³-hybridized carbons (Fsp3) is 0.765. The summed E-state index contributed by atoms with van der Waals surface area (Å²) in [6.45, 7) is 4.11. The Bertz CT molecular complexity index is 345. The van der Waals surface area contributed by atoms with Crippen LogP contribution in [0.25, 0.3) is 0 Å². The molecule has 0 aromatic heterocycles. The van der Waals surface area contributed by atoms with E-state index in [1.807, 2.05) is 6.92 Å². The predicted octanol–water partition coefficient (Wildman–Crippen LogP) is 4.18. The molecule has 0 unspecified atom stereocenters. The summed E-state index contributed by atoms with van der Waals surface area (Å²) in [5, 5.41) is 0. The normalized spacial score (nSPS) is 11.8. The summed E-state index contributed by atoms with van der Waals surface area (Å²) in [5.74, 6) is -0.838. The van der Waals surface area contributed by atoms with Crippen LogP contribution < -0.4 is 0 Å². The second-order valence-corrected chi connectivity index (χ2v) is 5.37. The quantitative estimate of drug-likeness (QED) is 0.326. The van der Waals surface area contributed by atoms with Crippen LogP contribution in [0.15, 0.2) is 11.1 Å². The van der Waals surface area contributed by atoms with Gasteiger partial charge in [-0.2, -0.15) is 0 Å². The average Bonchev–Trinajstić information content (AvgIpc) is 2.50. The van der Waals surface area contributed by atoms with E-state index in [9.17, 15) is 9.59 Å². The summed E-state index contributed by atoms with van der Waals surface area (Å²) in [4.78, 5) is 23.1. The Morgan fingerprint density at radius 3 is 1.95 bits per heavy atom. The van der Waals surface area contributed by atoms with Gasteiger partial charge >= 0.3 is 11.9 Å². The third kappa shape index (κ3) is 9.27. The number of rotatable bonds is 11. The number of allylic oxidation sites excluding steroid dienone is 1. The highest BCUT2D eigenvalue weighted by molar-refractivity contribution is 5.94. The highest BCUT2D eigenvalue weighted by atomic mass is 16.5. The maximum absolute atomic E-state index is 11.7. The standard InChI is InChI=1S/C17H30O4/c1-5-6-7-8-9-10-11-12-14(2)15(17(19)21-4)13-16(18)20-3/h5-13H2,1-4H3/b15-14-. The maximum atomic E-state index is 11.7. The molecule has 0 rings (SSSR count). The molecule has 4 heteroatoms. The van der Waals surface area contributed by atoms with Crippen molar-refractivity contribution in [1.29, 1.82) is 0 Å². The zero-order valence-corrected chi connectivity index (χ0v) is 14.0. The van der Waals surface area contributed by atoms with Gasteiger partial charge in [0.1, 0.15) is 0 Å². The minimum Gasteiger partial charge on any atom is -0.469 e. The van der Waals surface area contributed by atoms with E-state index in [4.69, 9.17) is 4.74 Å². The number of carbonyl (C=O) groups excluding carboxylic acids is 2. The van der Waals surface area contributed by atoms with Crippen molar-refractivity contribution in [3.63, 3.8) is 0 Å². The number of methoxy groups -OCH3 is 2. The molecule has 21 heavy (non-hydrogen) atoms. The number of carbonyl (C=O) groups is 2. The van der Waals surface area contributed by atoms with Crippen molar-refractivity contribution >= 4 is 11.9 Å². The molecule has 0 atom stereocenters. The Kier molecular flexibility index (Phi) is 11.6. The van der Waals surface area contributed by atoms with Gasteiger partial charge in [0.25, 0.3) is 0 Å². The number of ether oxygens (including phenoxy) is 2. The molecule has 0 aliphatic heterocycles. The highest BCUT2D eigenvalue weighted by Crippen LogP contribution is 2.18. The third-order valence-electron chi connectivity index (χ3n) is 3.65. The molecule has 4 nitrogen and oxygen atoms in total. The van der Waals surface area contributed by atoms with Crippen LogP contribution in [-0.2, 0) is 19.1 Å². The molecule has 0 bridgehead atoms. The molecule has 0 aliphatic rings. The lowest BCUT2D eigenvalue weighted by Gasteiger charge is -2.10. The van der Waals surface area contributed by atoms with Gasteiger partial charge < -0.3 is 9.47 Å².